The molecule has 0 aliphatic carbocycles. The second-order valence-corrected chi connectivity index (χ2v) is 1.09. The summed E-state index contributed by atoms with van der Waals surface area (Å²) in [6, 6.07) is 0. The molecular formula is C5H7O2. The maximum atomic E-state index is 10.0. The molecule has 7 heavy (non-hydrogen) atoms. The molecule has 0 rings (SSSR count). The van der Waals surface area contributed by atoms with Gasteiger partial charge in [0, 0.05) is 6.42 Å². The second-order valence-electron chi connectivity index (χ2n) is 1.09. The minimum atomic E-state index is -0.310. The van der Waals surface area contributed by atoms with Gasteiger partial charge in [0.1, 0.15) is 6.26 Å². The van der Waals surface area contributed by atoms with Crippen LogP contribution in [-0.4, -0.2) is 5.11 Å². The van der Waals surface area contributed by atoms with Gasteiger partial charge in [0.05, 0.1) is 0 Å². The van der Waals surface area contributed by atoms with Crippen LogP contribution in [0.15, 0.2) is 24.7 Å². The average Bonchev–Trinajstić information content (AvgIpc) is 1.68. The minimum absolute atomic E-state index is 0.219. The molecule has 0 heterocycles. The van der Waals surface area contributed by atoms with Crippen molar-refractivity contribution in [3.63, 3.8) is 0 Å². The first-order valence-corrected chi connectivity index (χ1v) is 1.92. The van der Waals surface area contributed by atoms with Gasteiger partial charge in [0.25, 0.3) is 0 Å². The van der Waals surface area contributed by atoms with Gasteiger partial charge in [-0.05, 0) is 0 Å². The number of rotatable bonds is 2. The van der Waals surface area contributed by atoms with E-state index in [-0.39, 0.29) is 12.2 Å². The zero-order chi connectivity index (χ0) is 5.70. The molecule has 2 heteroatoms. The maximum Gasteiger partial charge on any atom is 0.193 e. The van der Waals surface area contributed by atoms with Crippen molar-refractivity contribution in [2.24, 2.45) is 0 Å². The Labute approximate surface area is 42.4 Å². The molecule has 0 aliphatic heterocycles. The molecule has 0 saturated heterocycles. The van der Waals surface area contributed by atoms with E-state index >= 15 is 0 Å². The molecule has 0 saturated carbocycles. The summed E-state index contributed by atoms with van der Waals surface area (Å²) in [5.41, 5.74) is 0. The Balaban J connectivity index is 3.36. The van der Waals surface area contributed by atoms with Crippen molar-refractivity contribution < 1.29 is 10.2 Å². The Kier molecular flexibility index (Phi) is 2.85. The largest absolute Gasteiger partial charge is 0.512 e. The summed E-state index contributed by atoms with van der Waals surface area (Å²) in [4.78, 5) is 0. The number of hydrogen-bond acceptors (Lipinski definition) is 1. The SMILES string of the molecule is C=CCC([O])=CO. The molecule has 1 radical (unpaired) electrons. The lowest BCUT2D eigenvalue weighted by Crippen LogP contribution is -1.71. The van der Waals surface area contributed by atoms with Crippen LogP contribution >= 0.6 is 0 Å². The van der Waals surface area contributed by atoms with Crippen molar-refractivity contribution in [1.29, 1.82) is 0 Å². The first-order chi connectivity index (χ1) is 3.31. The molecule has 0 fully saturated rings. The highest BCUT2D eigenvalue weighted by Gasteiger charge is 1.86. The Morgan fingerprint density at radius 3 is 2.57 bits per heavy atom. The predicted octanol–water partition coefficient (Wildman–Crippen LogP) is 1.39. The van der Waals surface area contributed by atoms with Crippen molar-refractivity contribution in [3.05, 3.63) is 24.7 Å². The van der Waals surface area contributed by atoms with Crippen LogP contribution in [0.5, 0.6) is 0 Å². The molecule has 0 spiro atoms. The van der Waals surface area contributed by atoms with E-state index in [1.54, 1.807) is 0 Å². The van der Waals surface area contributed by atoms with Crippen molar-refractivity contribution in [1.82, 2.24) is 0 Å². The molecule has 0 unspecified atom stereocenters. The van der Waals surface area contributed by atoms with E-state index in [9.17, 15) is 5.11 Å². The third kappa shape index (κ3) is 2.89. The molecule has 0 aliphatic rings. The smallest absolute Gasteiger partial charge is 0.193 e. The Hall–Kier alpha value is -0.920. The van der Waals surface area contributed by atoms with Gasteiger partial charge in [-0.1, -0.05) is 6.08 Å². The van der Waals surface area contributed by atoms with Crippen LogP contribution < -0.4 is 0 Å². The number of aliphatic hydroxyl groups excluding tert-OH is 1. The molecule has 0 amide bonds. The highest BCUT2D eigenvalue weighted by molar-refractivity contribution is 4.90. The van der Waals surface area contributed by atoms with Crippen molar-refractivity contribution in [3.8, 4) is 0 Å². The molecule has 39 valence electrons. The standard InChI is InChI=1S/C5H7O2/c1-2-3-5(7)4-6/h2,4,6H,1,3H2. The van der Waals surface area contributed by atoms with E-state index < -0.39 is 0 Å². The quantitative estimate of drug-likeness (QED) is 0.412. The number of hydrogen-bond donors (Lipinski definition) is 1. The van der Waals surface area contributed by atoms with Gasteiger partial charge in [-0.25, -0.2) is 0 Å². The molecule has 0 aromatic heterocycles. The van der Waals surface area contributed by atoms with E-state index in [4.69, 9.17) is 5.11 Å². The first-order valence-electron chi connectivity index (χ1n) is 1.92. The number of aliphatic hydroxyl groups is 1. The molecule has 1 N–H and O–H groups in total. The maximum absolute atomic E-state index is 10.0. The van der Waals surface area contributed by atoms with Crippen LogP contribution in [0.2, 0.25) is 0 Å². The van der Waals surface area contributed by atoms with Crippen LogP contribution in [0.1, 0.15) is 6.42 Å². The molecular weight excluding hydrogens is 92.1 g/mol. The Bertz CT molecular complexity index is 84.1. The summed E-state index contributed by atoms with van der Waals surface area (Å²) in [6.45, 7) is 3.30. The summed E-state index contributed by atoms with van der Waals surface area (Å²) in [7, 11) is 0. The predicted molar refractivity (Wildman–Crippen MR) is 26.2 cm³/mol. The zero-order valence-electron chi connectivity index (χ0n) is 3.92. The lowest BCUT2D eigenvalue weighted by Gasteiger charge is -1.80. The molecule has 2 nitrogen and oxygen atoms in total. The summed E-state index contributed by atoms with van der Waals surface area (Å²) in [5, 5.41) is 18.0. The van der Waals surface area contributed by atoms with Gasteiger partial charge in [0.2, 0.25) is 0 Å². The van der Waals surface area contributed by atoms with E-state index in [0.29, 0.717) is 6.26 Å². The van der Waals surface area contributed by atoms with Crippen LogP contribution in [0.3, 0.4) is 0 Å². The number of allylic oxidation sites excluding steroid dienone is 1. The van der Waals surface area contributed by atoms with Crippen LogP contribution in [0, 0.1) is 0 Å². The van der Waals surface area contributed by atoms with Crippen LogP contribution in [-0.2, 0) is 5.11 Å². The zero-order valence-corrected chi connectivity index (χ0v) is 3.92. The van der Waals surface area contributed by atoms with Gasteiger partial charge in [-0.2, -0.15) is 0 Å². The first kappa shape index (κ1) is 6.08. The van der Waals surface area contributed by atoms with E-state index in [0.717, 1.165) is 0 Å². The third-order valence-electron chi connectivity index (χ3n) is 0.490. The van der Waals surface area contributed by atoms with E-state index in [1.165, 1.54) is 6.08 Å². The highest BCUT2D eigenvalue weighted by atomic mass is 16.3. The van der Waals surface area contributed by atoms with Crippen molar-refractivity contribution >= 4 is 0 Å². The van der Waals surface area contributed by atoms with Gasteiger partial charge in [-0.15, -0.1) is 6.58 Å². The summed E-state index contributed by atoms with van der Waals surface area (Å²) in [6.07, 6.45) is 2.20. The fourth-order valence-electron chi connectivity index (χ4n) is 0.195. The third-order valence-corrected chi connectivity index (χ3v) is 0.490. The minimum Gasteiger partial charge on any atom is -0.512 e. The monoisotopic (exact) mass is 99.0 g/mol. The van der Waals surface area contributed by atoms with Gasteiger partial charge >= 0.3 is 0 Å². The van der Waals surface area contributed by atoms with E-state index in [2.05, 4.69) is 6.58 Å². The summed E-state index contributed by atoms with van der Waals surface area (Å²) < 4.78 is 0. The summed E-state index contributed by atoms with van der Waals surface area (Å²) >= 11 is 0. The fraction of sp³-hybridized carbons (Fsp3) is 0.200. The normalized spacial score (nSPS) is 11.1. The summed E-state index contributed by atoms with van der Waals surface area (Å²) in [5.74, 6) is -0.310. The van der Waals surface area contributed by atoms with E-state index in [1.807, 2.05) is 0 Å². The lowest BCUT2D eigenvalue weighted by molar-refractivity contribution is 0.267. The molecule has 0 bridgehead atoms. The Morgan fingerprint density at radius 2 is 2.43 bits per heavy atom. The lowest BCUT2D eigenvalue weighted by atomic mass is 10.4. The Morgan fingerprint density at radius 1 is 1.86 bits per heavy atom. The van der Waals surface area contributed by atoms with Crippen molar-refractivity contribution in [2.45, 2.75) is 6.42 Å². The van der Waals surface area contributed by atoms with Gasteiger partial charge in [0.15, 0.2) is 5.76 Å². The van der Waals surface area contributed by atoms with Crippen LogP contribution in [0.25, 0.3) is 0 Å². The van der Waals surface area contributed by atoms with Gasteiger partial charge in [-0.3, -0.25) is 5.11 Å². The van der Waals surface area contributed by atoms with Crippen molar-refractivity contribution in [2.75, 3.05) is 0 Å². The topological polar surface area (TPSA) is 40.1 Å². The average molecular weight is 99.1 g/mol. The highest BCUT2D eigenvalue weighted by Crippen LogP contribution is 1.93. The molecule has 0 atom stereocenters. The molecule has 0 aromatic rings. The molecule has 0 aromatic carbocycles. The fourth-order valence-corrected chi connectivity index (χ4v) is 0.195. The van der Waals surface area contributed by atoms with Gasteiger partial charge < -0.3 is 5.11 Å². The van der Waals surface area contributed by atoms with Crippen LogP contribution in [0.4, 0.5) is 0 Å². The second kappa shape index (κ2) is 3.28.